The summed E-state index contributed by atoms with van der Waals surface area (Å²) in [4.78, 5) is 0.112. The van der Waals surface area contributed by atoms with Gasteiger partial charge in [-0.05, 0) is 0 Å². The van der Waals surface area contributed by atoms with Crippen molar-refractivity contribution in [2.75, 3.05) is 4.43 Å². The van der Waals surface area contributed by atoms with E-state index in [1.165, 1.54) is 0 Å². The van der Waals surface area contributed by atoms with Crippen molar-refractivity contribution in [1.82, 2.24) is 0 Å². The summed E-state index contributed by atoms with van der Waals surface area (Å²) in [5.41, 5.74) is -0.0580. The van der Waals surface area contributed by atoms with Crippen LogP contribution >= 0.6 is 0 Å². The number of hydrogen-bond acceptors (Lipinski definition) is 4. The summed E-state index contributed by atoms with van der Waals surface area (Å²) in [6.45, 7) is 0. The van der Waals surface area contributed by atoms with Gasteiger partial charge in [0.25, 0.3) is 0 Å². The van der Waals surface area contributed by atoms with E-state index in [0.29, 0.717) is 6.42 Å². The Morgan fingerprint density at radius 1 is 1.36 bits per heavy atom. The van der Waals surface area contributed by atoms with Crippen molar-refractivity contribution in [3.63, 3.8) is 0 Å². The van der Waals surface area contributed by atoms with Crippen molar-refractivity contribution in [2.45, 2.75) is 6.42 Å². The first-order chi connectivity index (χ1) is 5.13. The van der Waals surface area contributed by atoms with E-state index in [2.05, 4.69) is 0 Å². The van der Waals surface area contributed by atoms with Crippen LogP contribution in [0.4, 0.5) is 0 Å². The van der Waals surface area contributed by atoms with E-state index >= 15 is 0 Å². The van der Waals surface area contributed by atoms with Crippen LogP contribution in [0.5, 0.6) is 0 Å². The molecule has 2 N–H and O–H groups in total. The number of halogens is 1. The molecular formula is C5H6IN2O2S-. The number of alkyl halides is 1. The molecule has 0 aromatic heterocycles. The maximum absolute atomic E-state index is 10.4. The van der Waals surface area contributed by atoms with Gasteiger partial charge in [-0.2, -0.15) is 0 Å². The van der Waals surface area contributed by atoms with Gasteiger partial charge in [0.1, 0.15) is 0 Å². The Morgan fingerprint density at radius 2 is 2.00 bits per heavy atom. The Bertz CT molecular complexity index is 335. The van der Waals surface area contributed by atoms with Gasteiger partial charge >= 0.3 is 75.9 Å². The van der Waals surface area contributed by atoms with E-state index in [-0.39, 0.29) is 35.5 Å². The van der Waals surface area contributed by atoms with Gasteiger partial charge in [0.2, 0.25) is 0 Å². The molecule has 0 spiro atoms. The molecule has 0 unspecified atom stereocenters. The Hall–Kier alpha value is -0.240. The minimum absolute atomic E-state index is 0.0580. The molecule has 0 bridgehead atoms. The first-order valence-corrected chi connectivity index (χ1v) is 6.53. The summed E-state index contributed by atoms with van der Waals surface area (Å²) in [7, 11) is -2.28. The number of hydrogen-bond donors (Lipinski definition) is 2. The molecule has 4 nitrogen and oxygen atoms in total. The van der Waals surface area contributed by atoms with Crippen molar-refractivity contribution >= 4 is 24.6 Å². The molecule has 0 aromatic carbocycles. The second-order valence-electron chi connectivity index (χ2n) is 1.92. The molecule has 1 saturated heterocycles. The zero-order chi connectivity index (χ0) is 8.43. The fourth-order valence-corrected chi connectivity index (χ4v) is 3.85. The van der Waals surface area contributed by atoms with Crippen LogP contribution in [-0.4, -0.2) is 27.1 Å². The first-order valence-electron chi connectivity index (χ1n) is 2.85. The molecule has 1 fully saturated rings. The molecule has 0 aliphatic carbocycles. The normalized spacial score (nSPS) is 19.5. The average molecular weight is 285 g/mol. The van der Waals surface area contributed by atoms with Gasteiger partial charge in [0.15, 0.2) is 0 Å². The van der Waals surface area contributed by atoms with Gasteiger partial charge in [0, 0.05) is 0 Å². The molecule has 1 aliphatic heterocycles. The van der Waals surface area contributed by atoms with Crippen LogP contribution in [0.25, 0.3) is 0 Å². The van der Waals surface area contributed by atoms with Crippen LogP contribution in [-0.2, 0) is 10.3 Å². The van der Waals surface area contributed by atoms with Crippen molar-refractivity contribution in [3.8, 4) is 0 Å². The fourth-order valence-electron chi connectivity index (χ4n) is 0.708. The van der Waals surface area contributed by atoms with E-state index in [1.807, 2.05) is 0 Å². The molecule has 0 radical (unpaired) electrons. The molecule has 62 valence electrons. The Balaban J connectivity index is 3.12. The predicted octanol–water partition coefficient (Wildman–Crippen LogP) is -3.47. The summed E-state index contributed by atoms with van der Waals surface area (Å²) in [6.07, 6.45) is 0.463. The second-order valence-corrected chi connectivity index (χ2v) is 5.80. The monoisotopic (exact) mass is 285 g/mol. The summed E-state index contributed by atoms with van der Waals surface area (Å²) >= 11 is -0.376. The van der Waals surface area contributed by atoms with Crippen LogP contribution in [0.3, 0.4) is 0 Å². The summed E-state index contributed by atoms with van der Waals surface area (Å²) in [5.74, 6) is 0. The van der Waals surface area contributed by atoms with Crippen molar-refractivity contribution in [2.24, 2.45) is 0 Å². The maximum atomic E-state index is 10.4. The van der Waals surface area contributed by atoms with Crippen molar-refractivity contribution in [1.29, 1.82) is 10.8 Å². The van der Waals surface area contributed by atoms with E-state index in [0.717, 1.165) is 4.43 Å². The van der Waals surface area contributed by atoms with Gasteiger partial charge in [-0.15, -0.1) is 0 Å². The van der Waals surface area contributed by atoms with Crippen LogP contribution in [0.1, 0.15) is 6.42 Å². The fraction of sp³-hybridized carbons (Fsp3) is 0.400. The van der Waals surface area contributed by atoms with Gasteiger partial charge < -0.3 is 0 Å². The van der Waals surface area contributed by atoms with Crippen LogP contribution in [0.2, 0.25) is 0 Å². The molecular weight excluding hydrogens is 279 g/mol. The van der Waals surface area contributed by atoms with E-state index in [9.17, 15) is 8.42 Å². The van der Waals surface area contributed by atoms with E-state index in [4.69, 9.17) is 10.8 Å². The van der Waals surface area contributed by atoms with Gasteiger partial charge in [0.05, 0.1) is 0 Å². The Labute approximate surface area is 75.8 Å². The van der Waals surface area contributed by atoms with E-state index in [1.54, 1.807) is 0 Å². The molecule has 0 amide bonds. The molecule has 1 aliphatic rings. The number of nitrogens with one attached hydrogen (secondary N) is 2. The standard InChI is InChI=1S/C5H6IN2O2S/c7-4-3(11(9)10)1-2-6-5(4)8/h7-8H,1-2H2/q-1. The molecule has 6 heteroatoms. The Morgan fingerprint density at radius 3 is 2.45 bits per heavy atom. The average Bonchev–Trinajstić information content (AvgIpc) is 1.94. The molecule has 1 heterocycles. The van der Waals surface area contributed by atoms with E-state index < -0.39 is 10.3 Å². The van der Waals surface area contributed by atoms with Gasteiger partial charge in [-0.3, -0.25) is 0 Å². The second kappa shape index (κ2) is 3.44. The van der Waals surface area contributed by atoms with Gasteiger partial charge in [-0.25, -0.2) is 0 Å². The van der Waals surface area contributed by atoms with Crippen molar-refractivity contribution in [3.05, 3.63) is 0 Å². The SMILES string of the molecule is N=C1[I-]CCC(=S(=O)=O)C1=N. The Kier molecular flexibility index (Phi) is 2.77. The molecule has 1 rings (SSSR count). The van der Waals surface area contributed by atoms with Crippen LogP contribution < -0.4 is 21.2 Å². The third-order valence-electron chi connectivity index (χ3n) is 1.25. The predicted molar refractivity (Wildman–Crippen MR) is 38.9 cm³/mol. The third kappa shape index (κ3) is 1.86. The molecule has 11 heavy (non-hydrogen) atoms. The number of rotatable bonds is 0. The topological polar surface area (TPSA) is 81.8 Å². The zero-order valence-corrected chi connectivity index (χ0v) is 8.49. The third-order valence-corrected chi connectivity index (χ3v) is 4.44. The first kappa shape index (κ1) is 8.85. The summed E-state index contributed by atoms with van der Waals surface area (Å²) < 4.78 is 21.9. The van der Waals surface area contributed by atoms with Crippen molar-refractivity contribution < 1.29 is 29.6 Å². The molecule has 0 atom stereocenters. The van der Waals surface area contributed by atoms with Crippen LogP contribution in [0.15, 0.2) is 0 Å². The zero-order valence-electron chi connectivity index (χ0n) is 5.52. The minimum atomic E-state index is -2.28. The molecule has 0 saturated carbocycles. The summed E-state index contributed by atoms with van der Waals surface area (Å²) in [5, 5.41) is 14.5. The van der Waals surface area contributed by atoms with Gasteiger partial charge in [-0.1, -0.05) is 0 Å². The molecule has 0 aromatic rings. The van der Waals surface area contributed by atoms with Crippen LogP contribution in [0, 0.1) is 10.8 Å². The quantitative estimate of drug-likeness (QED) is 0.275. The summed E-state index contributed by atoms with van der Waals surface area (Å²) in [6, 6.07) is 0.